The maximum atomic E-state index is 14.8. The summed E-state index contributed by atoms with van der Waals surface area (Å²) in [5.74, 6) is -0.488. The summed E-state index contributed by atoms with van der Waals surface area (Å²) in [5, 5.41) is 3.02. The minimum Gasteiger partial charge on any atom is -0.338 e. The van der Waals surface area contributed by atoms with E-state index in [2.05, 4.69) is 15.6 Å². The number of anilines is 2. The van der Waals surface area contributed by atoms with Crippen molar-refractivity contribution in [1.82, 2.24) is 24.0 Å². The topological polar surface area (TPSA) is 139 Å². The van der Waals surface area contributed by atoms with Gasteiger partial charge in [-0.1, -0.05) is 12.1 Å². The lowest BCUT2D eigenvalue weighted by atomic mass is 10.1. The maximum Gasteiger partial charge on any atom is 0.336 e. The van der Waals surface area contributed by atoms with E-state index in [0.29, 0.717) is 27.7 Å². The van der Waals surface area contributed by atoms with Crippen LogP contribution in [0.2, 0.25) is 0 Å². The van der Waals surface area contributed by atoms with Gasteiger partial charge < -0.3 is 5.32 Å². The second-order valence-corrected chi connectivity index (χ2v) is 11.2. The van der Waals surface area contributed by atoms with Crippen LogP contribution in [0, 0.1) is 16.3 Å². The van der Waals surface area contributed by atoms with Crippen molar-refractivity contribution in [2.24, 2.45) is 7.05 Å². The first-order chi connectivity index (χ1) is 18.6. The molecule has 1 aliphatic carbocycles. The minimum atomic E-state index is -2.26. The monoisotopic (exact) mass is 666 g/mol. The third kappa shape index (κ3) is 5.21. The molecule has 0 saturated heterocycles. The lowest BCUT2D eigenvalue weighted by Gasteiger charge is -2.21. The van der Waals surface area contributed by atoms with Crippen LogP contribution in [0.25, 0.3) is 16.6 Å². The highest BCUT2D eigenvalue weighted by Gasteiger charge is 2.31. The molecule has 11 nitrogen and oxygen atoms in total. The average Bonchev–Trinajstić information content (AvgIpc) is 3.72. The van der Waals surface area contributed by atoms with Gasteiger partial charge in [0.1, 0.15) is 17.0 Å². The zero-order valence-corrected chi connectivity index (χ0v) is 23.8. The number of nitrogens with one attached hydrogen (secondary N) is 3. The number of pyridine rings is 1. The molecule has 39 heavy (non-hydrogen) atoms. The van der Waals surface area contributed by atoms with E-state index in [0.717, 1.165) is 0 Å². The molecule has 2 heterocycles. The summed E-state index contributed by atoms with van der Waals surface area (Å²) in [4.78, 5) is 43.3. The number of hydrazine groups is 1. The van der Waals surface area contributed by atoms with Crippen LogP contribution in [0.4, 0.5) is 15.9 Å². The maximum absolute atomic E-state index is 14.8. The Labute approximate surface area is 237 Å². The number of hydrogen-bond acceptors (Lipinski definition) is 6. The SMILES string of the molecule is Cc1c(=O)n(C)c(Nc2ccc(I)cc2F)c2c(=O)n(C3CC3)c(=O)n(-c3cccc(CNNS(=O)O)c3)c12. The van der Waals surface area contributed by atoms with Gasteiger partial charge in [0, 0.05) is 28.8 Å². The Balaban J connectivity index is 1.81. The molecule has 2 aromatic heterocycles. The predicted octanol–water partition coefficient (Wildman–Crippen LogP) is 2.71. The Bertz CT molecular complexity index is 1830. The van der Waals surface area contributed by atoms with Gasteiger partial charge in [0.25, 0.3) is 11.1 Å². The van der Waals surface area contributed by atoms with Crippen LogP contribution in [0.15, 0.2) is 56.8 Å². The van der Waals surface area contributed by atoms with E-state index in [4.69, 9.17) is 4.55 Å². The van der Waals surface area contributed by atoms with Crippen LogP contribution in [-0.2, 0) is 24.9 Å². The number of nitrogens with zero attached hydrogens (tertiary/aromatic N) is 3. The molecule has 1 aliphatic rings. The van der Waals surface area contributed by atoms with Crippen LogP contribution in [0.1, 0.15) is 30.0 Å². The quantitative estimate of drug-likeness (QED) is 0.129. The van der Waals surface area contributed by atoms with Crippen LogP contribution in [0.5, 0.6) is 0 Å². The standard InChI is InChI=1S/C25H24FIN6O5S/c1-13-21-20(22(31(2)23(13)34)29-19-9-6-15(27)11-18(19)26)24(35)33(16-7-8-16)25(36)32(21)17-5-3-4-14(10-17)12-28-30-39(37)38/h3-6,9-11,16,28-30H,7-8,12H2,1-2H3,(H,37,38). The van der Waals surface area contributed by atoms with Gasteiger partial charge in [-0.15, -0.1) is 0 Å². The van der Waals surface area contributed by atoms with Gasteiger partial charge >= 0.3 is 5.69 Å². The molecule has 0 spiro atoms. The van der Waals surface area contributed by atoms with Crippen molar-refractivity contribution in [3.63, 3.8) is 0 Å². The van der Waals surface area contributed by atoms with Gasteiger partial charge in [0.15, 0.2) is 0 Å². The van der Waals surface area contributed by atoms with Crippen molar-refractivity contribution >= 4 is 56.3 Å². The fourth-order valence-electron chi connectivity index (χ4n) is 4.58. The Morgan fingerprint density at radius 3 is 2.54 bits per heavy atom. The highest BCUT2D eigenvalue weighted by atomic mass is 127. The summed E-state index contributed by atoms with van der Waals surface area (Å²) in [7, 11) is 1.49. The second kappa shape index (κ2) is 10.8. The smallest absolute Gasteiger partial charge is 0.336 e. The average molecular weight is 666 g/mol. The number of hydrogen-bond donors (Lipinski definition) is 4. The molecule has 4 N–H and O–H groups in total. The summed E-state index contributed by atoms with van der Waals surface area (Å²) >= 11 is -0.278. The molecule has 5 rings (SSSR count). The number of benzene rings is 2. The van der Waals surface area contributed by atoms with E-state index in [1.165, 1.54) is 32.9 Å². The Morgan fingerprint density at radius 1 is 1.13 bits per heavy atom. The van der Waals surface area contributed by atoms with Crippen molar-refractivity contribution in [3.05, 3.63) is 94.2 Å². The molecular formula is C25H24FIN6O5S. The van der Waals surface area contributed by atoms with E-state index in [1.807, 2.05) is 22.6 Å². The number of fused-ring (bicyclic) bond motifs is 1. The van der Waals surface area contributed by atoms with E-state index < -0.39 is 33.9 Å². The van der Waals surface area contributed by atoms with Crippen LogP contribution in [-0.4, -0.2) is 22.5 Å². The molecule has 14 heteroatoms. The first kappa shape index (κ1) is 27.4. The molecule has 2 aromatic carbocycles. The van der Waals surface area contributed by atoms with Crippen molar-refractivity contribution in [1.29, 1.82) is 0 Å². The summed E-state index contributed by atoms with van der Waals surface area (Å²) in [5.41, 5.74) is 2.44. The van der Waals surface area contributed by atoms with Crippen LogP contribution < -0.4 is 32.4 Å². The Kier molecular flexibility index (Phi) is 7.56. The molecule has 0 amide bonds. The molecule has 1 saturated carbocycles. The first-order valence-corrected chi connectivity index (χ1v) is 14.1. The number of rotatable bonds is 8. The largest absolute Gasteiger partial charge is 0.338 e. The fraction of sp³-hybridized carbons (Fsp3) is 0.240. The zero-order chi connectivity index (χ0) is 28.0. The molecule has 204 valence electrons. The zero-order valence-electron chi connectivity index (χ0n) is 20.8. The van der Waals surface area contributed by atoms with Crippen molar-refractivity contribution < 1.29 is 13.2 Å². The van der Waals surface area contributed by atoms with Gasteiger partial charge in [0.05, 0.1) is 16.9 Å². The van der Waals surface area contributed by atoms with E-state index in [-0.39, 0.29) is 40.6 Å². The first-order valence-electron chi connectivity index (χ1n) is 11.9. The number of aryl methyl sites for hydroxylation is 1. The molecule has 1 unspecified atom stereocenters. The van der Waals surface area contributed by atoms with Crippen LogP contribution >= 0.6 is 22.6 Å². The molecule has 0 bridgehead atoms. The highest BCUT2D eigenvalue weighted by molar-refractivity contribution is 14.1. The van der Waals surface area contributed by atoms with Gasteiger partial charge in [-0.3, -0.25) is 27.8 Å². The lowest BCUT2D eigenvalue weighted by molar-refractivity contribution is 0.526. The third-order valence-electron chi connectivity index (χ3n) is 6.56. The molecule has 4 aromatic rings. The van der Waals surface area contributed by atoms with Crippen molar-refractivity contribution in [3.8, 4) is 5.69 Å². The van der Waals surface area contributed by atoms with Gasteiger partial charge in [-0.2, -0.15) is 4.83 Å². The Hall–Kier alpha value is -3.18. The number of halogens is 2. The molecule has 0 aliphatic heterocycles. The van der Waals surface area contributed by atoms with Crippen molar-refractivity contribution in [2.75, 3.05) is 5.32 Å². The molecule has 0 radical (unpaired) electrons. The molecule has 1 fully saturated rings. The summed E-state index contributed by atoms with van der Waals surface area (Å²) < 4.78 is 39.1. The predicted molar refractivity (Wildman–Crippen MR) is 155 cm³/mol. The normalized spacial score (nSPS) is 14.1. The number of aromatic nitrogens is 3. The van der Waals surface area contributed by atoms with E-state index in [9.17, 15) is 23.0 Å². The summed E-state index contributed by atoms with van der Waals surface area (Å²) in [6, 6.07) is 11.1. The second-order valence-electron chi connectivity index (χ2n) is 9.21. The van der Waals surface area contributed by atoms with Crippen LogP contribution in [0.3, 0.4) is 0 Å². The summed E-state index contributed by atoms with van der Waals surface area (Å²) in [6.07, 6.45) is 1.32. The Morgan fingerprint density at radius 2 is 1.87 bits per heavy atom. The highest BCUT2D eigenvalue weighted by Crippen LogP contribution is 2.34. The van der Waals surface area contributed by atoms with E-state index in [1.54, 1.807) is 37.3 Å². The fourth-order valence-corrected chi connectivity index (χ4v) is 5.23. The van der Waals surface area contributed by atoms with E-state index >= 15 is 0 Å². The van der Waals surface area contributed by atoms with Gasteiger partial charge in [0.2, 0.25) is 11.3 Å². The molecular weight excluding hydrogens is 642 g/mol. The van der Waals surface area contributed by atoms with Gasteiger partial charge in [-0.25, -0.2) is 18.8 Å². The third-order valence-corrected chi connectivity index (χ3v) is 7.55. The summed E-state index contributed by atoms with van der Waals surface area (Å²) in [6.45, 7) is 1.69. The molecule has 1 atom stereocenters. The lowest BCUT2D eigenvalue weighted by Crippen LogP contribution is -2.41. The van der Waals surface area contributed by atoms with Gasteiger partial charge in [-0.05, 0) is 78.3 Å². The van der Waals surface area contributed by atoms with Crippen molar-refractivity contribution in [2.45, 2.75) is 32.4 Å². The minimum absolute atomic E-state index is 0.0707.